The van der Waals surface area contributed by atoms with Gasteiger partial charge in [0.25, 0.3) is 0 Å². The van der Waals surface area contributed by atoms with E-state index < -0.39 is 5.60 Å². The Morgan fingerprint density at radius 2 is 1.78 bits per heavy atom. The second-order valence-electron chi connectivity index (χ2n) is 9.05. The summed E-state index contributed by atoms with van der Waals surface area (Å²) in [7, 11) is 0. The standard InChI is InChI=1S/C22H34N2O2S/c1-21(2,3)26-20(25)24-17-22(18-24)11-14-23(15-12-22)13-7-8-16-27-19-9-5-4-6-10-19/h4-6,9-10H,7-8,11-18H2,1-3H3. The summed E-state index contributed by atoms with van der Waals surface area (Å²) in [6.45, 7) is 11.1. The normalized spacial score (nSPS) is 19.7. The van der Waals surface area contributed by atoms with Gasteiger partial charge in [0.05, 0.1) is 0 Å². The number of likely N-dealkylation sites (tertiary alicyclic amines) is 2. The molecule has 0 N–H and O–H groups in total. The van der Waals surface area contributed by atoms with E-state index in [0.717, 1.165) is 13.1 Å². The van der Waals surface area contributed by atoms with Gasteiger partial charge < -0.3 is 14.5 Å². The van der Waals surface area contributed by atoms with Gasteiger partial charge in [0.2, 0.25) is 0 Å². The van der Waals surface area contributed by atoms with Gasteiger partial charge in [0.15, 0.2) is 0 Å². The maximum absolute atomic E-state index is 12.1. The van der Waals surface area contributed by atoms with Gasteiger partial charge in [0, 0.05) is 23.4 Å². The second kappa shape index (κ2) is 8.87. The van der Waals surface area contributed by atoms with E-state index in [1.807, 2.05) is 37.4 Å². The summed E-state index contributed by atoms with van der Waals surface area (Å²) in [5.74, 6) is 1.20. The van der Waals surface area contributed by atoms with Crippen molar-refractivity contribution in [1.29, 1.82) is 0 Å². The Labute approximate surface area is 168 Å². The van der Waals surface area contributed by atoms with Crippen molar-refractivity contribution in [3.05, 3.63) is 30.3 Å². The molecule has 2 fully saturated rings. The van der Waals surface area contributed by atoms with Crippen LogP contribution in [0.3, 0.4) is 0 Å². The molecule has 3 rings (SSSR count). The first-order valence-corrected chi connectivity index (χ1v) is 11.2. The highest BCUT2D eigenvalue weighted by Gasteiger charge is 2.47. The number of amides is 1. The first kappa shape index (κ1) is 20.5. The van der Waals surface area contributed by atoms with Crippen LogP contribution in [0.1, 0.15) is 46.5 Å². The van der Waals surface area contributed by atoms with Crippen molar-refractivity contribution >= 4 is 17.9 Å². The highest BCUT2D eigenvalue weighted by atomic mass is 32.2. The van der Waals surface area contributed by atoms with E-state index in [1.54, 1.807) is 0 Å². The third kappa shape index (κ3) is 6.15. The summed E-state index contributed by atoms with van der Waals surface area (Å²) in [5, 5.41) is 0. The summed E-state index contributed by atoms with van der Waals surface area (Å²) in [4.78, 5) is 18.0. The van der Waals surface area contributed by atoms with Gasteiger partial charge in [-0.1, -0.05) is 18.2 Å². The molecule has 0 aliphatic carbocycles. The van der Waals surface area contributed by atoms with Crippen molar-refractivity contribution in [2.45, 2.75) is 57.0 Å². The van der Waals surface area contributed by atoms with Crippen molar-refractivity contribution in [1.82, 2.24) is 9.80 Å². The largest absolute Gasteiger partial charge is 0.444 e. The summed E-state index contributed by atoms with van der Waals surface area (Å²) >= 11 is 1.96. The van der Waals surface area contributed by atoms with Crippen molar-refractivity contribution < 1.29 is 9.53 Å². The third-order valence-electron chi connectivity index (χ3n) is 5.50. The van der Waals surface area contributed by atoms with Gasteiger partial charge in [-0.3, -0.25) is 0 Å². The lowest BCUT2D eigenvalue weighted by molar-refractivity contribution is -0.0592. The minimum atomic E-state index is -0.401. The number of thioether (sulfide) groups is 1. The maximum Gasteiger partial charge on any atom is 0.410 e. The molecule has 1 amide bonds. The minimum absolute atomic E-state index is 0.147. The molecule has 0 atom stereocenters. The number of rotatable bonds is 6. The Morgan fingerprint density at radius 1 is 1.11 bits per heavy atom. The number of unbranched alkanes of at least 4 members (excludes halogenated alkanes) is 1. The van der Waals surface area contributed by atoms with E-state index >= 15 is 0 Å². The van der Waals surface area contributed by atoms with Crippen LogP contribution in [0.25, 0.3) is 0 Å². The van der Waals surface area contributed by atoms with Crippen molar-refractivity contribution in [2.75, 3.05) is 38.5 Å². The molecule has 0 radical (unpaired) electrons. The molecule has 1 spiro atoms. The Balaban J connectivity index is 1.27. The lowest BCUT2D eigenvalue weighted by Crippen LogP contribution is -2.62. The summed E-state index contributed by atoms with van der Waals surface area (Å²) < 4.78 is 5.48. The molecule has 1 aromatic rings. The Morgan fingerprint density at radius 3 is 2.41 bits per heavy atom. The number of ether oxygens (including phenoxy) is 1. The van der Waals surface area contributed by atoms with Crippen LogP contribution in [0.15, 0.2) is 35.2 Å². The molecular weight excluding hydrogens is 356 g/mol. The molecule has 1 aromatic carbocycles. The van der Waals surface area contributed by atoms with Crippen LogP contribution in [-0.2, 0) is 4.74 Å². The molecule has 2 saturated heterocycles. The fourth-order valence-electron chi connectivity index (χ4n) is 3.93. The van der Waals surface area contributed by atoms with Crippen LogP contribution in [0.5, 0.6) is 0 Å². The molecule has 2 aliphatic rings. The predicted octanol–water partition coefficient (Wildman–Crippen LogP) is 4.89. The molecule has 5 heteroatoms. The van der Waals surface area contributed by atoms with E-state index in [0.29, 0.717) is 5.41 Å². The van der Waals surface area contributed by atoms with E-state index in [4.69, 9.17) is 4.74 Å². The Kier molecular flexibility index (Phi) is 6.74. The summed E-state index contributed by atoms with van der Waals surface area (Å²) in [6.07, 6.45) is 4.83. The average molecular weight is 391 g/mol. The molecule has 0 saturated carbocycles. The van der Waals surface area contributed by atoms with Gasteiger partial charge in [-0.2, -0.15) is 0 Å². The highest BCUT2D eigenvalue weighted by Crippen LogP contribution is 2.41. The van der Waals surface area contributed by atoms with Crippen LogP contribution in [0.4, 0.5) is 4.79 Å². The molecule has 4 nitrogen and oxygen atoms in total. The Hall–Kier alpha value is -1.20. The van der Waals surface area contributed by atoms with Crippen LogP contribution in [0.2, 0.25) is 0 Å². The molecule has 0 unspecified atom stereocenters. The number of carbonyl (C=O) groups excluding carboxylic acids is 1. The zero-order valence-electron chi connectivity index (χ0n) is 17.1. The van der Waals surface area contributed by atoms with Crippen LogP contribution in [-0.4, -0.2) is 60.0 Å². The van der Waals surface area contributed by atoms with Crippen LogP contribution < -0.4 is 0 Å². The predicted molar refractivity (Wildman–Crippen MR) is 112 cm³/mol. The van der Waals surface area contributed by atoms with Gasteiger partial charge in [-0.25, -0.2) is 4.79 Å². The smallest absolute Gasteiger partial charge is 0.410 e. The molecule has 27 heavy (non-hydrogen) atoms. The van der Waals surface area contributed by atoms with Crippen molar-refractivity contribution in [2.24, 2.45) is 5.41 Å². The fourth-order valence-corrected chi connectivity index (χ4v) is 4.86. The number of piperidine rings is 1. The maximum atomic E-state index is 12.1. The van der Waals surface area contributed by atoms with Gasteiger partial charge in [-0.05, 0) is 84.0 Å². The van der Waals surface area contributed by atoms with E-state index in [2.05, 4.69) is 35.2 Å². The molecular formula is C22H34N2O2S. The zero-order valence-corrected chi connectivity index (χ0v) is 17.9. The highest BCUT2D eigenvalue weighted by molar-refractivity contribution is 7.99. The lowest BCUT2D eigenvalue weighted by atomic mass is 9.72. The van der Waals surface area contributed by atoms with Gasteiger partial charge >= 0.3 is 6.09 Å². The quantitative estimate of drug-likeness (QED) is 0.511. The molecule has 2 heterocycles. The van der Waals surface area contributed by atoms with E-state index in [-0.39, 0.29) is 6.09 Å². The molecule has 2 aliphatic heterocycles. The van der Waals surface area contributed by atoms with Crippen LogP contribution in [0, 0.1) is 5.41 Å². The van der Waals surface area contributed by atoms with E-state index in [1.165, 1.54) is 56.0 Å². The topological polar surface area (TPSA) is 32.8 Å². The minimum Gasteiger partial charge on any atom is -0.444 e. The first-order chi connectivity index (χ1) is 12.9. The number of nitrogens with zero attached hydrogens (tertiary/aromatic N) is 2. The molecule has 150 valence electrons. The van der Waals surface area contributed by atoms with Crippen molar-refractivity contribution in [3.8, 4) is 0 Å². The number of benzene rings is 1. The fraction of sp³-hybridized carbons (Fsp3) is 0.682. The average Bonchev–Trinajstić information content (AvgIpc) is 2.59. The Bertz CT molecular complexity index is 598. The zero-order chi connectivity index (χ0) is 19.3. The second-order valence-corrected chi connectivity index (χ2v) is 10.2. The number of hydrogen-bond donors (Lipinski definition) is 0. The SMILES string of the molecule is CC(C)(C)OC(=O)N1CC2(CCN(CCCCSc3ccccc3)CC2)C1. The van der Waals surface area contributed by atoms with Crippen molar-refractivity contribution in [3.63, 3.8) is 0 Å². The number of hydrogen-bond acceptors (Lipinski definition) is 4. The first-order valence-electron chi connectivity index (χ1n) is 10.2. The summed E-state index contributed by atoms with van der Waals surface area (Å²) in [6, 6.07) is 10.7. The lowest BCUT2D eigenvalue weighted by Gasteiger charge is -2.53. The third-order valence-corrected chi connectivity index (χ3v) is 6.60. The molecule has 0 aromatic heterocycles. The number of carbonyl (C=O) groups is 1. The van der Waals surface area contributed by atoms with Gasteiger partial charge in [-0.15, -0.1) is 11.8 Å². The van der Waals surface area contributed by atoms with Crippen LogP contribution >= 0.6 is 11.8 Å². The monoisotopic (exact) mass is 390 g/mol. The van der Waals surface area contributed by atoms with E-state index in [9.17, 15) is 4.79 Å². The van der Waals surface area contributed by atoms with Gasteiger partial charge in [0.1, 0.15) is 5.60 Å². The molecule has 0 bridgehead atoms. The summed E-state index contributed by atoms with van der Waals surface area (Å²) in [5.41, 5.74) is -0.0431.